The number of fused-ring (bicyclic) bond motifs is 1. The van der Waals surface area contributed by atoms with Gasteiger partial charge in [0, 0.05) is 37.5 Å². The molecule has 0 spiro atoms. The van der Waals surface area contributed by atoms with Gasteiger partial charge < -0.3 is 16.2 Å². The van der Waals surface area contributed by atoms with Gasteiger partial charge in [-0.05, 0) is 29.3 Å². The number of hydrogen-bond donors (Lipinski definition) is 3. The maximum absolute atomic E-state index is 13.1. The van der Waals surface area contributed by atoms with Gasteiger partial charge in [0.05, 0.1) is 11.1 Å². The van der Waals surface area contributed by atoms with E-state index in [1.165, 1.54) is 12.1 Å². The van der Waals surface area contributed by atoms with Crippen molar-refractivity contribution in [1.29, 1.82) is 0 Å². The third kappa shape index (κ3) is 5.55. The van der Waals surface area contributed by atoms with Gasteiger partial charge in [0.2, 0.25) is 0 Å². The molecular formula is C23H23N7O6S. The molecule has 4 rings (SSSR count). The number of nitro benzene ring substituents is 1. The van der Waals surface area contributed by atoms with Crippen LogP contribution in [0.25, 0.3) is 16.8 Å². The molecule has 37 heavy (non-hydrogen) atoms. The van der Waals surface area contributed by atoms with Gasteiger partial charge in [-0.25, -0.2) is 17.9 Å². The van der Waals surface area contributed by atoms with Crippen molar-refractivity contribution in [3.8, 4) is 11.1 Å². The lowest BCUT2D eigenvalue weighted by Crippen LogP contribution is -2.39. The van der Waals surface area contributed by atoms with Gasteiger partial charge in [-0.2, -0.15) is 9.40 Å². The monoisotopic (exact) mass is 525 g/mol. The molecule has 14 heteroatoms. The molecule has 0 bridgehead atoms. The Kier molecular flexibility index (Phi) is 7.42. The Morgan fingerprint density at radius 2 is 1.97 bits per heavy atom. The molecule has 0 aliphatic heterocycles. The van der Waals surface area contributed by atoms with Crippen LogP contribution in [0.3, 0.4) is 0 Å². The summed E-state index contributed by atoms with van der Waals surface area (Å²) in [5.41, 5.74) is 8.26. The maximum Gasteiger partial charge on any atom is 0.318 e. The zero-order valence-electron chi connectivity index (χ0n) is 19.4. The Bertz CT molecular complexity index is 1570. The molecule has 13 nitrogen and oxygen atoms in total. The van der Waals surface area contributed by atoms with E-state index >= 15 is 0 Å². The quantitative estimate of drug-likeness (QED) is 0.193. The van der Waals surface area contributed by atoms with Gasteiger partial charge in [0.15, 0.2) is 10.5 Å². The lowest BCUT2D eigenvalue weighted by atomic mass is 10.1. The highest BCUT2D eigenvalue weighted by Crippen LogP contribution is 2.27. The molecule has 0 unspecified atom stereocenters. The molecule has 0 saturated heterocycles. The number of carboxylic acids is 1. The smallest absolute Gasteiger partial charge is 0.318 e. The average Bonchev–Trinajstić information content (AvgIpc) is 3.31. The van der Waals surface area contributed by atoms with Crippen molar-refractivity contribution in [2.45, 2.75) is 11.4 Å². The Morgan fingerprint density at radius 3 is 2.70 bits per heavy atom. The molecule has 0 amide bonds. The van der Waals surface area contributed by atoms with Crippen LogP contribution in [0.5, 0.6) is 0 Å². The first-order chi connectivity index (χ1) is 17.7. The number of carboxylic acid groups (broad SMARTS) is 1. The molecule has 192 valence electrons. The van der Waals surface area contributed by atoms with E-state index in [-0.39, 0.29) is 13.1 Å². The number of hydrogen-bond acceptors (Lipinski definition) is 9. The van der Waals surface area contributed by atoms with E-state index in [0.717, 1.165) is 28.8 Å². The molecule has 4 aromatic rings. The number of para-hydroxylation sites is 1. The van der Waals surface area contributed by atoms with Gasteiger partial charge in [-0.3, -0.25) is 14.9 Å². The fraction of sp³-hybridized carbons (Fsp3) is 0.174. The molecule has 2 aromatic heterocycles. The number of carbonyl (C=O) groups is 1. The van der Waals surface area contributed by atoms with Crippen molar-refractivity contribution >= 4 is 33.1 Å². The number of nitrogens with two attached hydrogens (primary N) is 1. The van der Waals surface area contributed by atoms with E-state index in [9.17, 15) is 28.4 Å². The predicted octanol–water partition coefficient (Wildman–Crippen LogP) is 1.95. The van der Waals surface area contributed by atoms with Crippen LogP contribution in [0.1, 0.15) is 5.56 Å². The SMILES string of the molecule is NCc1cccc(-c2cnn3ccc(NCCN(CC(=O)O)S(=O)(=O)c4ccccc4[N+](=O)[O-])nc23)c1. The van der Waals surface area contributed by atoms with Gasteiger partial charge in [-0.1, -0.05) is 30.3 Å². The first-order valence-corrected chi connectivity index (χ1v) is 12.5. The Hall–Kier alpha value is -4.40. The highest BCUT2D eigenvalue weighted by Gasteiger charge is 2.32. The highest BCUT2D eigenvalue weighted by molar-refractivity contribution is 7.89. The molecule has 0 saturated carbocycles. The van der Waals surface area contributed by atoms with E-state index in [0.29, 0.717) is 22.3 Å². The third-order valence-corrected chi connectivity index (χ3v) is 7.39. The van der Waals surface area contributed by atoms with E-state index < -0.39 is 38.0 Å². The summed E-state index contributed by atoms with van der Waals surface area (Å²) in [7, 11) is -4.48. The topological polar surface area (TPSA) is 186 Å². The molecule has 0 aliphatic carbocycles. The number of anilines is 1. The van der Waals surface area contributed by atoms with Crippen LogP contribution < -0.4 is 11.1 Å². The van der Waals surface area contributed by atoms with Crippen LogP contribution >= 0.6 is 0 Å². The number of sulfonamides is 1. The summed E-state index contributed by atoms with van der Waals surface area (Å²) in [6, 6.07) is 14.1. The minimum atomic E-state index is -4.48. The van der Waals surface area contributed by atoms with Crippen molar-refractivity contribution in [1.82, 2.24) is 18.9 Å². The van der Waals surface area contributed by atoms with Crippen LogP contribution in [-0.4, -0.2) is 63.0 Å². The van der Waals surface area contributed by atoms with Crippen LogP contribution in [0.15, 0.2) is 71.9 Å². The second kappa shape index (κ2) is 10.7. The number of rotatable bonds is 11. The second-order valence-corrected chi connectivity index (χ2v) is 9.83. The summed E-state index contributed by atoms with van der Waals surface area (Å²) in [4.78, 5) is 25.9. The molecule has 0 atom stereocenters. The maximum atomic E-state index is 13.1. The molecule has 0 fully saturated rings. The summed E-state index contributed by atoms with van der Waals surface area (Å²) < 4.78 is 28.5. The molecule has 0 radical (unpaired) electrons. The highest BCUT2D eigenvalue weighted by atomic mass is 32.2. The van der Waals surface area contributed by atoms with E-state index in [1.807, 2.05) is 24.3 Å². The molecule has 0 aliphatic rings. The van der Waals surface area contributed by atoms with E-state index in [4.69, 9.17) is 5.73 Å². The summed E-state index contributed by atoms with van der Waals surface area (Å²) in [5.74, 6) is -0.993. The Balaban J connectivity index is 1.56. The lowest BCUT2D eigenvalue weighted by Gasteiger charge is -2.20. The minimum absolute atomic E-state index is 0.0115. The standard InChI is InChI=1S/C23H23N7O6S/c24-13-16-4-3-5-17(12-16)18-14-26-29-10-8-21(27-23(18)29)25-9-11-28(15-22(31)32)37(35,36)20-7-2-1-6-19(20)30(33)34/h1-8,10,12,14H,9,11,13,15,24H2,(H,25,27)(H,31,32). The van der Waals surface area contributed by atoms with E-state index in [2.05, 4.69) is 15.4 Å². The number of aliphatic carboxylic acids is 1. The number of nitrogens with zero attached hydrogens (tertiary/aromatic N) is 5. The number of aromatic nitrogens is 3. The molecule has 2 heterocycles. The molecule has 2 aromatic carbocycles. The third-order valence-electron chi connectivity index (χ3n) is 5.50. The summed E-state index contributed by atoms with van der Waals surface area (Å²) in [5, 5.41) is 27.9. The summed E-state index contributed by atoms with van der Waals surface area (Å²) >= 11 is 0. The van der Waals surface area contributed by atoms with Gasteiger partial charge in [0.1, 0.15) is 12.4 Å². The fourth-order valence-corrected chi connectivity index (χ4v) is 5.29. The van der Waals surface area contributed by atoms with Gasteiger partial charge in [0.25, 0.3) is 15.7 Å². The predicted molar refractivity (Wildman–Crippen MR) is 134 cm³/mol. The number of nitro groups is 1. The van der Waals surface area contributed by atoms with Gasteiger partial charge >= 0.3 is 5.97 Å². The van der Waals surface area contributed by atoms with Crippen molar-refractivity contribution in [2.24, 2.45) is 5.73 Å². The lowest BCUT2D eigenvalue weighted by molar-refractivity contribution is -0.387. The van der Waals surface area contributed by atoms with Crippen LogP contribution in [0, 0.1) is 10.1 Å². The normalized spacial score (nSPS) is 11.6. The van der Waals surface area contributed by atoms with Crippen molar-refractivity contribution in [3.63, 3.8) is 0 Å². The molecule has 4 N–H and O–H groups in total. The Morgan fingerprint density at radius 1 is 1.19 bits per heavy atom. The van der Waals surface area contributed by atoms with E-state index in [1.54, 1.807) is 23.0 Å². The fourth-order valence-electron chi connectivity index (χ4n) is 3.75. The molecular weight excluding hydrogens is 502 g/mol. The van der Waals surface area contributed by atoms with Crippen LogP contribution in [0.2, 0.25) is 0 Å². The number of benzene rings is 2. The first kappa shape index (κ1) is 25.7. The minimum Gasteiger partial charge on any atom is -0.480 e. The van der Waals surface area contributed by atoms with Crippen molar-refractivity contribution in [2.75, 3.05) is 25.0 Å². The van der Waals surface area contributed by atoms with Gasteiger partial charge in [-0.15, -0.1) is 0 Å². The van der Waals surface area contributed by atoms with Crippen LogP contribution in [-0.2, 0) is 21.4 Å². The Labute approximate surface area is 211 Å². The van der Waals surface area contributed by atoms with Crippen LogP contribution in [0.4, 0.5) is 11.5 Å². The van der Waals surface area contributed by atoms with Crippen molar-refractivity contribution < 1.29 is 23.2 Å². The zero-order valence-corrected chi connectivity index (χ0v) is 20.2. The summed E-state index contributed by atoms with van der Waals surface area (Å²) in [6.07, 6.45) is 3.36. The number of nitrogens with one attached hydrogen (secondary N) is 1. The second-order valence-electron chi connectivity index (χ2n) is 7.93. The summed E-state index contributed by atoms with van der Waals surface area (Å²) in [6.45, 7) is -0.775. The average molecular weight is 526 g/mol. The van der Waals surface area contributed by atoms with Crippen molar-refractivity contribution in [3.05, 3.63) is 82.7 Å². The zero-order chi connectivity index (χ0) is 26.6. The first-order valence-electron chi connectivity index (χ1n) is 11.0. The largest absolute Gasteiger partial charge is 0.480 e.